The summed E-state index contributed by atoms with van der Waals surface area (Å²) < 4.78 is 0. The average Bonchev–Trinajstić information content (AvgIpc) is 3.07. The van der Waals surface area contributed by atoms with Crippen molar-refractivity contribution in [3.63, 3.8) is 0 Å². The zero-order chi connectivity index (χ0) is 16.1. The highest BCUT2D eigenvalue weighted by molar-refractivity contribution is 5.76. The standard InChI is InChI=1S/C17H27N5O/c1-21-8-10-22(11-9-21)17-14(4-2-7-19-17)13-20-16(23)12-15-5-3-6-18-15/h2,4,7,15,18H,3,5-6,8-13H2,1H3,(H,20,23). The molecule has 0 saturated carbocycles. The number of amides is 1. The predicted molar refractivity (Wildman–Crippen MR) is 91.4 cm³/mol. The van der Waals surface area contributed by atoms with Gasteiger partial charge in [0.2, 0.25) is 5.91 Å². The fourth-order valence-corrected chi connectivity index (χ4v) is 3.29. The Morgan fingerprint density at radius 3 is 2.96 bits per heavy atom. The van der Waals surface area contributed by atoms with E-state index < -0.39 is 0 Å². The van der Waals surface area contributed by atoms with Crippen molar-refractivity contribution in [2.45, 2.75) is 31.8 Å². The summed E-state index contributed by atoms with van der Waals surface area (Å²) in [5.41, 5.74) is 1.10. The van der Waals surface area contributed by atoms with Gasteiger partial charge >= 0.3 is 0 Å². The molecule has 1 aromatic rings. The monoisotopic (exact) mass is 317 g/mol. The molecular formula is C17H27N5O. The first-order valence-electron chi connectivity index (χ1n) is 8.60. The number of pyridine rings is 1. The molecule has 2 saturated heterocycles. The van der Waals surface area contributed by atoms with E-state index in [1.54, 1.807) is 0 Å². The van der Waals surface area contributed by atoms with E-state index in [1.807, 2.05) is 12.3 Å². The van der Waals surface area contributed by atoms with Gasteiger partial charge < -0.3 is 20.4 Å². The molecule has 2 aliphatic heterocycles. The normalized spacial score (nSPS) is 22.3. The van der Waals surface area contributed by atoms with Crippen LogP contribution in [0.5, 0.6) is 0 Å². The van der Waals surface area contributed by atoms with Gasteiger partial charge in [0.15, 0.2) is 0 Å². The zero-order valence-corrected chi connectivity index (χ0v) is 13.9. The van der Waals surface area contributed by atoms with E-state index in [0.717, 1.165) is 50.5 Å². The van der Waals surface area contributed by atoms with Crippen LogP contribution < -0.4 is 15.5 Å². The van der Waals surface area contributed by atoms with Crippen molar-refractivity contribution in [2.24, 2.45) is 0 Å². The highest BCUT2D eigenvalue weighted by atomic mass is 16.1. The minimum absolute atomic E-state index is 0.123. The summed E-state index contributed by atoms with van der Waals surface area (Å²) in [5.74, 6) is 1.14. The first kappa shape index (κ1) is 16.2. The highest BCUT2D eigenvalue weighted by Gasteiger charge is 2.20. The molecule has 0 aliphatic carbocycles. The van der Waals surface area contributed by atoms with E-state index >= 15 is 0 Å². The van der Waals surface area contributed by atoms with Crippen molar-refractivity contribution in [3.8, 4) is 0 Å². The predicted octanol–water partition coefficient (Wildman–Crippen LogP) is 0.592. The first-order chi connectivity index (χ1) is 11.2. The van der Waals surface area contributed by atoms with Gasteiger partial charge in [-0.3, -0.25) is 4.79 Å². The lowest BCUT2D eigenvalue weighted by Gasteiger charge is -2.34. The maximum Gasteiger partial charge on any atom is 0.221 e. The van der Waals surface area contributed by atoms with E-state index in [0.29, 0.717) is 19.0 Å². The largest absolute Gasteiger partial charge is 0.354 e. The molecular weight excluding hydrogens is 290 g/mol. The summed E-state index contributed by atoms with van der Waals surface area (Å²) in [7, 11) is 2.15. The van der Waals surface area contributed by atoms with Crippen molar-refractivity contribution in [3.05, 3.63) is 23.9 Å². The molecule has 3 heterocycles. The van der Waals surface area contributed by atoms with Crippen LogP contribution in [0.25, 0.3) is 0 Å². The molecule has 2 N–H and O–H groups in total. The van der Waals surface area contributed by atoms with Gasteiger partial charge in [0.05, 0.1) is 0 Å². The summed E-state index contributed by atoms with van der Waals surface area (Å²) in [4.78, 5) is 21.3. The first-order valence-corrected chi connectivity index (χ1v) is 8.60. The summed E-state index contributed by atoms with van der Waals surface area (Å²) >= 11 is 0. The summed E-state index contributed by atoms with van der Waals surface area (Å²) in [6, 6.07) is 4.36. The summed E-state index contributed by atoms with van der Waals surface area (Å²) in [6.07, 6.45) is 4.69. The molecule has 1 unspecified atom stereocenters. The second-order valence-corrected chi connectivity index (χ2v) is 6.55. The number of anilines is 1. The van der Waals surface area contributed by atoms with Crippen molar-refractivity contribution < 1.29 is 4.79 Å². The number of carbonyl (C=O) groups excluding carboxylic acids is 1. The zero-order valence-electron chi connectivity index (χ0n) is 13.9. The van der Waals surface area contributed by atoms with Crippen molar-refractivity contribution in [1.29, 1.82) is 0 Å². The topological polar surface area (TPSA) is 60.5 Å². The van der Waals surface area contributed by atoms with Gasteiger partial charge in [0.1, 0.15) is 5.82 Å². The number of nitrogens with one attached hydrogen (secondary N) is 2. The van der Waals surface area contributed by atoms with E-state index in [9.17, 15) is 4.79 Å². The number of aromatic nitrogens is 1. The van der Waals surface area contributed by atoms with E-state index in [-0.39, 0.29) is 5.91 Å². The maximum absolute atomic E-state index is 12.1. The van der Waals surface area contributed by atoms with Gasteiger partial charge in [-0.1, -0.05) is 6.07 Å². The molecule has 1 aromatic heterocycles. The van der Waals surface area contributed by atoms with Crippen LogP contribution in [0.4, 0.5) is 5.82 Å². The van der Waals surface area contributed by atoms with Gasteiger partial charge in [-0.05, 0) is 32.5 Å². The number of hydrogen-bond donors (Lipinski definition) is 2. The number of piperazine rings is 1. The van der Waals surface area contributed by atoms with Crippen molar-refractivity contribution >= 4 is 11.7 Å². The number of carbonyl (C=O) groups is 1. The molecule has 2 aliphatic rings. The van der Waals surface area contributed by atoms with Crippen LogP contribution in [0.15, 0.2) is 18.3 Å². The molecule has 3 rings (SSSR count). The van der Waals surface area contributed by atoms with Crippen LogP contribution >= 0.6 is 0 Å². The Morgan fingerprint density at radius 2 is 2.22 bits per heavy atom. The van der Waals surface area contributed by atoms with E-state index in [2.05, 4.69) is 38.5 Å². The Balaban J connectivity index is 1.56. The van der Waals surface area contributed by atoms with Crippen LogP contribution in [0.1, 0.15) is 24.8 Å². The number of rotatable bonds is 5. The van der Waals surface area contributed by atoms with Crippen molar-refractivity contribution in [2.75, 3.05) is 44.7 Å². The van der Waals surface area contributed by atoms with E-state index in [4.69, 9.17) is 0 Å². The van der Waals surface area contributed by atoms with Gasteiger partial charge in [-0.25, -0.2) is 4.98 Å². The molecule has 6 nitrogen and oxygen atoms in total. The maximum atomic E-state index is 12.1. The Bertz CT molecular complexity index is 521. The summed E-state index contributed by atoms with van der Waals surface area (Å²) in [6.45, 7) is 5.67. The molecule has 1 amide bonds. The molecule has 0 aromatic carbocycles. The second kappa shape index (κ2) is 7.75. The van der Waals surface area contributed by atoms with Crippen LogP contribution in [0.3, 0.4) is 0 Å². The second-order valence-electron chi connectivity index (χ2n) is 6.55. The quantitative estimate of drug-likeness (QED) is 0.832. The third-order valence-electron chi connectivity index (χ3n) is 4.74. The Labute approximate surface area is 138 Å². The van der Waals surface area contributed by atoms with Gasteiger partial charge in [-0.2, -0.15) is 0 Å². The number of nitrogens with zero attached hydrogens (tertiary/aromatic N) is 3. The molecule has 6 heteroatoms. The Morgan fingerprint density at radius 1 is 1.39 bits per heavy atom. The molecule has 0 bridgehead atoms. The average molecular weight is 317 g/mol. The molecule has 0 radical (unpaired) electrons. The van der Waals surface area contributed by atoms with E-state index in [1.165, 1.54) is 6.42 Å². The van der Waals surface area contributed by atoms with Crippen molar-refractivity contribution in [1.82, 2.24) is 20.5 Å². The lowest BCUT2D eigenvalue weighted by Crippen LogP contribution is -2.45. The minimum atomic E-state index is 0.123. The van der Waals surface area contributed by atoms with Crippen LogP contribution in [0, 0.1) is 0 Å². The van der Waals surface area contributed by atoms with Crippen LogP contribution in [0.2, 0.25) is 0 Å². The third-order valence-corrected chi connectivity index (χ3v) is 4.74. The highest BCUT2D eigenvalue weighted by Crippen LogP contribution is 2.18. The van der Waals surface area contributed by atoms with Gasteiger partial charge in [-0.15, -0.1) is 0 Å². The molecule has 2 fully saturated rings. The Kier molecular flexibility index (Phi) is 5.46. The Hall–Kier alpha value is -1.66. The lowest BCUT2D eigenvalue weighted by molar-refractivity contribution is -0.121. The fraction of sp³-hybridized carbons (Fsp3) is 0.647. The number of likely N-dealkylation sites (N-methyl/N-ethyl adjacent to an activating group) is 1. The van der Waals surface area contributed by atoms with Crippen LogP contribution in [-0.2, 0) is 11.3 Å². The third kappa shape index (κ3) is 4.42. The van der Waals surface area contributed by atoms with Gasteiger partial charge in [0.25, 0.3) is 0 Å². The van der Waals surface area contributed by atoms with Crippen LogP contribution in [-0.4, -0.2) is 61.6 Å². The summed E-state index contributed by atoms with van der Waals surface area (Å²) in [5, 5.41) is 6.42. The molecule has 23 heavy (non-hydrogen) atoms. The van der Waals surface area contributed by atoms with Gasteiger partial charge in [0, 0.05) is 56.9 Å². The SMILES string of the molecule is CN1CCN(c2ncccc2CNC(=O)CC2CCCN2)CC1. The minimum Gasteiger partial charge on any atom is -0.354 e. The fourth-order valence-electron chi connectivity index (χ4n) is 3.29. The molecule has 0 spiro atoms. The smallest absolute Gasteiger partial charge is 0.221 e. The molecule has 126 valence electrons. The molecule has 1 atom stereocenters. The number of hydrogen-bond acceptors (Lipinski definition) is 5. The lowest BCUT2D eigenvalue weighted by atomic mass is 10.1.